The second-order valence-corrected chi connectivity index (χ2v) is 7.04. The average Bonchev–Trinajstić information content (AvgIpc) is 2.70. The first-order valence-electron chi connectivity index (χ1n) is 9.05. The maximum atomic E-state index is 13.7. The Hall–Kier alpha value is -2.40. The lowest BCUT2D eigenvalue weighted by Gasteiger charge is -2.43. The van der Waals surface area contributed by atoms with Crippen molar-refractivity contribution in [2.45, 2.75) is 25.2 Å². The number of hydrogen-bond acceptors (Lipinski definition) is 2. The third-order valence-electron chi connectivity index (χ3n) is 5.30. The molecule has 0 spiro atoms. The van der Waals surface area contributed by atoms with Crippen LogP contribution in [-0.2, 0) is 10.2 Å². The number of rotatable bonds is 4. The lowest BCUT2D eigenvalue weighted by molar-refractivity contribution is -0.125. The standard InChI is InChI=1S/C21H22ClFN2O2/c1-2-25(18-10-8-17(23)9-11-18)19(26)21(16-6-4-3-5-7-16)12-14-24(15-13-21)20(22)27/h3-11H,2,12-15H2,1H3. The Bertz CT molecular complexity index is 803. The minimum absolute atomic E-state index is 0.0375. The van der Waals surface area contributed by atoms with Crippen LogP contribution in [-0.4, -0.2) is 35.8 Å². The van der Waals surface area contributed by atoms with E-state index in [0.717, 1.165) is 5.56 Å². The fourth-order valence-corrected chi connectivity index (χ4v) is 3.94. The van der Waals surface area contributed by atoms with Gasteiger partial charge in [-0.2, -0.15) is 0 Å². The molecular weight excluding hydrogens is 367 g/mol. The van der Waals surface area contributed by atoms with Crippen molar-refractivity contribution >= 4 is 28.6 Å². The van der Waals surface area contributed by atoms with Gasteiger partial charge in [0.25, 0.3) is 0 Å². The number of amides is 2. The smallest absolute Gasteiger partial charge is 0.316 e. The number of benzene rings is 2. The molecule has 1 aliphatic rings. The van der Waals surface area contributed by atoms with Crippen LogP contribution in [0, 0.1) is 5.82 Å². The molecule has 1 saturated heterocycles. The van der Waals surface area contributed by atoms with E-state index in [-0.39, 0.29) is 11.7 Å². The van der Waals surface area contributed by atoms with E-state index >= 15 is 0 Å². The molecule has 1 heterocycles. The Balaban J connectivity index is 1.98. The molecule has 2 aromatic carbocycles. The van der Waals surface area contributed by atoms with Crippen molar-refractivity contribution in [2.75, 3.05) is 24.5 Å². The second kappa shape index (κ2) is 8.09. The average molecular weight is 389 g/mol. The second-order valence-electron chi connectivity index (χ2n) is 6.71. The molecule has 4 nitrogen and oxygen atoms in total. The van der Waals surface area contributed by atoms with Gasteiger partial charge in [0.2, 0.25) is 5.91 Å². The van der Waals surface area contributed by atoms with Gasteiger partial charge in [-0.05, 0) is 61.2 Å². The summed E-state index contributed by atoms with van der Waals surface area (Å²) in [5.74, 6) is -0.376. The quantitative estimate of drug-likeness (QED) is 0.568. The normalized spacial score (nSPS) is 16.0. The lowest BCUT2D eigenvalue weighted by atomic mass is 9.71. The van der Waals surface area contributed by atoms with E-state index in [1.807, 2.05) is 37.3 Å². The first-order valence-corrected chi connectivity index (χ1v) is 9.43. The highest BCUT2D eigenvalue weighted by molar-refractivity contribution is 6.62. The Morgan fingerprint density at radius 2 is 1.67 bits per heavy atom. The van der Waals surface area contributed by atoms with E-state index in [0.29, 0.717) is 38.2 Å². The van der Waals surface area contributed by atoms with Gasteiger partial charge in [-0.3, -0.25) is 9.59 Å². The largest absolute Gasteiger partial charge is 0.329 e. The van der Waals surface area contributed by atoms with E-state index in [2.05, 4.69) is 0 Å². The molecule has 27 heavy (non-hydrogen) atoms. The summed E-state index contributed by atoms with van der Waals surface area (Å²) in [6, 6.07) is 15.6. The first-order chi connectivity index (χ1) is 13.0. The zero-order chi connectivity index (χ0) is 19.4. The molecule has 0 aliphatic carbocycles. The van der Waals surface area contributed by atoms with Crippen molar-refractivity contribution in [2.24, 2.45) is 0 Å². The van der Waals surface area contributed by atoms with Gasteiger partial charge in [-0.15, -0.1) is 0 Å². The number of carbonyl (C=O) groups is 2. The third-order valence-corrected chi connectivity index (χ3v) is 5.54. The van der Waals surface area contributed by atoms with E-state index in [1.165, 1.54) is 12.1 Å². The van der Waals surface area contributed by atoms with Crippen molar-refractivity contribution in [3.63, 3.8) is 0 Å². The summed E-state index contributed by atoms with van der Waals surface area (Å²) < 4.78 is 13.3. The third kappa shape index (κ3) is 3.83. The molecule has 0 atom stereocenters. The topological polar surface area (TPSA) is 40.6 Å². The monoisotopic (exact) mass is 388 g/mol. The SMILES string of the molecule is CCN(C(=O)C1(c2ccccc2)CCN(C(=O)Cl)CC1)c1ccc(F)cc1. The first kappa shape index (κ1) is 19.4. The van der Waals surface area contributed by atoms with E-state index < -0.39 is 10.8 Å². The van der Waals surface area contributed by atoms with Crippen LogP contribution in [0.1, 0.15) is 25.3 Å². The summed E-state index contributed by atoms with van der Waals surface area (Å²) in [4.78, 5) is 28.5. The fraction of sp³-hybridized carbons (Fsp3) is 0.333. The molecule has 142 valence electrons. The Morgan fingerprint density at radius 1 is 1.07 bits per heavy atom. The van der Waals surface area contributed by atoms with Gasteiger partial charge in [0.05, 0.1) is 5.41 Å². The minimum atomic E-state index is -0.742. The number of likely N-dealkylation sites (N-methyl/N-ethyl adjacent to an activating group) is 1. The van der Waals surface area contributed by atoms with Crippen molar-refractivity contribution in [1.82, 2.24) is 4.90 Å². The Labute approximate surface area is 163 Å². The van der Waals surface area contributed by atoms with Crippen LogP contribution >= 0.6 is 11.6 Å². The van der Waals surface area contributed by atoms with Gasteiger partial charge in [-0.1, -0.05) is 30.3 Å². The number of hydrogen-bond donors (Lipinski definition) is 0. The number of likely N-dealkylation sites (tertiary alicyclic amines) is 1. The molecule has 0 radical (unpaired) electrons. The maximum absolute atomic E-state index is 13.7. The molecule has 1 aliphatic heterocycles. The number of anilines is 1. The summed E-state index contributed by atoms with van der Waals surface area (Å²) in [7, 11) is 0. The summed E-state index contributed by atoms with van der Waals surface area (Å²) in [5, 5.41) is -0.491. The van der Waals surface area contributed by atoms with Crippen LogP contribution in [0.15, 0.2) is 54.6 Å². The van der Waals surface area contributed by atoms with E-state index in [1.54, 1.807) is 21.9 Å². The van der Waals surface area contributed by atoms with Gasteiger partial charge in [-0.25, -0.2) is 4.39 Å². The van der Waals surface area contributed by atoms with Gasteiger partial charge in [0.15, 0.2) is 0 Å². The molecule has 3 rings (SSSR count). The van der Waals surface area contributed by atoms with E-state index in [4.69, 9.17) is 11.6 Å². The molecule has 0 aromatic heterocycles. The minimum Gasteiger partial charge on any atom is -0.329 e. The van der Waals surface area contributed by atoms with Crippen molar-refractivity contribution in [1.29, 1.82) is 0 Å². The van der Waals surface area contributed by atoms with Crippen molar-refractivity contribution in [3.05, 3.63) is 66.0 Å². The van der Waals surface area contributed by atoms with Crippen LogP contribution < -0.4 is 4.90 Å². The molecule has 0 saturated carbocycles. The fourth-order valence-electron chi connectivity index (χ4n) is 3.77. The van der Waals surface area contributed by atoms with Crippen LogP contribution in [0.5, 0.6) is 0 Å². The molecule has 0 N–H and O–H groups in total. The summed E-state index contributed by atoms with van der Waals surface area (Å²) >= 11 is 5.63. The zero-order valence-corrected chi connectivity index (χ0v) is 16.0. The van der Waals surface area contributed by atoms with Gasteiger partial charge in [0.1, 0.15) is 5.82 Å². The highest BCUT2D eigenvalue weighted by atomic mass is 35.5. The predicted octanol–water partition coefficient (Wildman–Crippen LogP) is 4.57. The highest BCUT2D eigenvalue weighted by Crippen LogP contribution is 2.38. The maximum Gasteiger partial charge on any atom is 0.316 e. The molecule has 0 bridgehead atoms. The number of nitrogens with zero attached hydrogens (tertiary/aromatic N) is 2. The van der Waals surface area contributed by atoms with Gasteiger partial charge in [0, 0.05) is 25.3 Å². The van der Waals surface area contributed by atoms with Crippen LogP contribution in [0.4, 0.5) is 14.9 Å². The van der Waals surface area contributed by atoms with Crippen LogP contribution in [0.2, 0.25) is 0 Å². The number of piperidine rings is 1. The molecule has 2 aromatic rings. The summed E-state index contributed by atoms with van der Waals surface area (Å²) in [6.45, 7) is 3.21. The summed E-state index contributed by atoms with van der Waals surface area (Å²) in [6.07, 6.45) is 0.984. The summed E-state index contributed by atoms with van der Waals surface area (Å²) in [5.41, 5.74) is 0.849. The van der Waals surface area contributed by atoms with Crippen molar-refractivity contribution < 1.29 is 14.0 Å². The Morgan fingerprint density at radius 3 is 2.19 bits per heavy atom. The highest BCUT2D eigenvalue weighted by Gasteiger charge is 2.45. The molecule has 1 fully saturated rings. The van der Waals surface area contributed by atoms with Crippen molar-refractivity contribution in [3.8, 4) is 0 Å². The van der Waals surface area contributed by atoms with Crippen LogP contribution in [0.3, 0.4) is 0 Å². The predicted molar refractivity (Wildman–Crippen MR) is 105 cm³/mol. The van der Waals surface area contributed by atoms with Gasteiger partial charge < -0.3 is 9.80 Å². The lowest BCUT2D eigenvalue weighted by Crippen LogP contribution is -2.53. The molecule has 6 heteroatoms. The molecule has 0 unspecified atom stereocenters. The number of carbonyl (C=O) groups excluding carboxylic acids is 2. The van der Waals surface area contributed by atoms with Gasteiger partial charge >= 0.3 is 5.37 Å². The van der Waals surface area contributed by atoms with E-state index in [9.17, 15) is 14.0 Å². The zero-order valence-electron chi connectivity index (χ0n) is 15.2. The molecular formula is C21H22ClFN2O2. The van der Waals surface area contributed by atoms with Crippen LogP contribution in [0.25, 0.3) is 0 Å². The Kier molecular flexibility index (Phi) is 5.80. The molecule has 2 amide bonds. The number of halogens is 2.